The smallest absolute Gasteiger partial charge is 0.323 e. The number of benzene rings is 2. The van der Waals surface area contributed by atoms with Crippen LogP contribution in [0.3, 0.4) is 0 Å². The van der Waals surface area contributed by atoms with Gasteiger partial charge in [-0.05, 0) is 68.7 Å². The summed E-state index contributed by atoms with van der Waals surface area (Å²) in [6.45, 7) is 7.22. The number of imidazole rings is 1. The Balaban J connectivity index is 1.86. The average Bonchev–Trinajstić information content (AvgIpc) is 2.65. The molecular formula is C56H88N18O13. The fourth-order valence-electron chi connectivity index (χ4n) is 8.84. The predicted octanol–water partition coefficient (Wildman–Crippen LogP) is -4.21. The Labute approximate surface area is 504 Å². The van der Waals surface area contributed by atoms with Crippen molar-refractivity contribution in [1.29, 1.82) is 0 Å². The van der Waals surface area contributed by atoms with Crippen LogP contribution in [-0.2, 0) is 60.8 Å². The van der Waals surface area contributed by atoms with E-state index in [1.165, 1.54) is 19.4 Å². The Morgan fingerprint density at radius 1 is 0.644 bits per heavy atom. The second-order valence-corrected chi connectivity index (χ2v) is 21.1. The van der Waals surface area contributed by atoms with Crippen LogP contribution in [0.1, 0.15) is 91.3 Å². The van der Waals surface area contributed by atoms with Gasteiger partial charge in [0.1, 0.15) is 42.8 Å². The van der Waals surface area contributed by atoms with Crippen molar-refractivity contribution in [3.63, 3.8) is 0 Å². The van der Waals surface area contributed by atoms with E-state index in [1.807, 2.05) is 31.2 Å². The van der Waals surface area contributed by atoms with Gasteiger partial charge in [-0.25, -0.2) is 4.98 Å². The number of aromatic amines is 1. The van der Waals surface area contributed by atoms with Gasteiger partial charge < -0.3 is 96.0 Å². The van der Waals surface area contributed by atoms with Crippen molar-refractivity contribution in [3.05, 3.63) is 66.2 Å². The minimum absolute atomic E-state index is 0.0253. The highest BCUT2D eigenvalue weighted by Gasteiger charge is 2.37. The molecule has 0 radical (unpaired) electrons. The molecule has 31 heteroatoms. The Kier molecular flexibility index (Phi) is 30.6. The highest BCUT2D eigenvalue weighted by molar-refractivity contribution is 5.98. The maximum atomic E-state index is 14.6. The molecule has 0 saturated heterocycles. The lowest BCUT2D eigenvalue weighted by Crippen LogP contribution is -2.62. The molecule has 2 aromatic carbocycles. The number of rotatable bonds is 38. The number of carbonyl (C=O) groups excluding carboxylic acids is 9. The molecule has 1 unspecified atom stereocenters. The molecule has 0 bridgehead atoms. The van der Waals surface area contributed by atoms with Crippen molar-refractivity contribution >= 4 is 81.8 Å². The number of carboxylic acids is 1. The molecule has 0 saturated carbocycles. The van der Waals surface area contributed by atoms with E-state index in [1.54, 1.807) is 32.0 Å². The Morgan fingerprint density at radius 2 is 1.23 bits per heavy atom. The Bertz CT molecular complexity index is 2840. The Morgan fingerprint density at radius 3 is 1.84 bits per heavy atom. The van der Waals surface area contributed by atoms with Gasteiger partial charge in [-0.15, -0.1) is 0 Å². The summed E-state index contributed by atoms with van der Waals surface area (Å²) >= 11 is 0. The maximum Gasteiger partial charge on any atom is 0.323 e. The lowest BCUT2D eigenvalue weighted by molar-refractivity contribution is -0.147. The number of aliphatic hydroxyl groups excluding tert-OH is 2. The number of aliphatic hydroxyl groups is 2. The number of guanidine groups is 2. The lowest BCUT2D eigenvalue weighted by atomic mass is 9.97. The van der Waals surface area contributed by atoms with E-state index in [4.69, 9.17) is 28.7 Å². The van der Waals surface area contributed by atoms with Crippen LogP contribution < -0.4 is 65.9 Å². The van der Waals surface area contributed by atoms with E-state index in [-0.39, 0.29) is 63.8 Å². The molecule has 1 heterocycles. The largest absolute Gasteiger partial charge is 0.480 e. The first kappa shape index (κ1) is 72.3. The fourth-order valence-corrected chi connectivity index (χ4v) is 8.84. The molecular weight excluding hydrogens is 1130 g/mol. The van der Waals surface area contributed by atoms with Crippen molar-refractivity contribution in [2.24, 2.45) is 44.6 Å². The van der Waals surface area contributed by atoms with E-state index >= 15 is 0 Å². The maximum absolute atomic E-state index is 14.6. The standard InChI is InChI=1S/C56H88N18O13/c1-7-9-22-74(29-44(79)80)54(87)45(31(3)8-2)70-42(77)28-73(23-14-21-64-56(60)61)43(78)27-65-52(85)46(33(5)75)72-53(86)47(34(6)76)71-51(84)41(25-37-26-62-30-66-37)69-50(83)40(24-36-17-12-16-35-15-10-11-18-38(35)36)68-48(81)32(4)67-49(82)39(57)19-13-20-63-55(58)59/h10-12,15-18,26,30-34,39-41,45-47,75-76H,7-9,13-14,19-25,27-29,57H2,1-6H3,(H,62,66)(H,65,85)(H,67,82)(H,68,81)(H,69,83)(H,70,77)(H,71,84)(H,72,86)(H,79,80)(H4,58,59,63)(H4,60,61,64)/t31?,32-,33+,34+,39-,40-,41-,45-,46-,47-/m0/s1. The quantitative estimate of drug-likeness (QED) is 0.0147. The minimum Gasteiger partial charge on any atom is -0.480 e. The molecule has 21 N–H and O–H groups in total. The molecule has 480 valence electrons. The van der Waals surface area contributed by atoms with Crippen LogP contribution in [0, 0.1) is 5.92 Å². The molecule has 31 nitrogen and oxygen atoms in total. The number of hydrogen-bond acceptors (Lipinski definition) is 16. The zero-order valence-corrected chi connectivity index (χ0v) is 50.1. The molecule has 10 atom stereocenters. The molecule has 0 aliphatic rings. The molecule has 3 aromatic rings. The third-order valence-electron chi connectivity index (χ3n) is 13.9. The molecule has 0 aliphatic heterocycles. The van der Waals surface area contributed by atoms with E-state index in [2.05, 4.69) is 57.2 Å². The zero-order valence-electron chi connectivity index (χ0n) is 50.1. The normalized spacial score (nSPS) is 14.5. The number of aromatic nitrogens is 2. The van der Waals surface area contributed by atoms with Crippen LogP contribution in [-0.4, -0.2) is 206 Å². The summed E-state index contributed by atoms with van der Waals surface area (Å²) in [4.78, 5) is 153. The van der Waals surface area contributed by atoms with Crippen LogP contribution >= 0.6 is 0 Å². The van der Waals surface area contributed by atoms with Crippen LogP contribution in [0.25, 0.3) is 10.8 Å². The van der Waals surface area contributed by atoms with E-state index in [0.29, 0.717) is 36.9 Å². The van der Waals surface area contributed by atoms with Crippen LogP contribution in [0.2, 0.25) is 0 Å². The van der Waals surface area contributed by atoms with Crippen molar-refractivity contribution < 1.29 is 63.3 Å². The number of nitrogens with two attached hydrogens (primary N) is 5. The summed E-state index contributed by atoms with van der Waals surface area (Å²) in [5.74, 6) is -9.99. The van der Waals surface area contributed by atoms with Gasteiger partial charge in [0, 0.05) is 50.9 Å². The summed E-state index contributed by atoms with van der Waals surface area (Å²) in [7, 11) is 0. The predicted molar refractivity (Wildman–Crippen MR) is 322 cm³/mol. The number of amides is 9. The van der Waals surface area contributed by atoms with Gasteiger partial charge >= 0.3 is 5.97 Å². The van der Waals surface area contributed by atoms with Gasteiger partial charge in [0.05, 0.1) is 37.7 Å². The third kappa shape index (κ3) is 24.9. The summed E-state index contributed by atoms with van der Waals surface area (Å²) in [6, 6.07) is 2.59. The van der Waals surface area contributed by atoms with E-state index in [9.17, 15) is 63.3 Å². The van der Waals surface area contributed by atoms with Crippen LogP contribution in [0.5, 0.6) is 0 Å². The number of aliphatic carboxylic acids is 1. The third-order valence-corrected chi connectivity index (χ3v) is 13.9. The number of carboxylic acid groups (broad SMARTS) is 1. The van der Waals surface area contributed by atoms with Crippen molar-refractivity contribution in [2.45, 2.75) is 147 Å². The second kappa shape index (κ2) is 36.8. The zero-order chi connectivity index (χ0) is 64.9. The number of nitrogens with zero attached hydrogens (tertiary/aromatic N) is 5. The number of nitrogens with one attached hydrogen (secondary N) is 8. The number of hydrogen-bond donors (Lipinski definition) is 16. The molecule has 1 aromatic heterocycles. The molecule has 87 heavy (non-hydrogen) atoms. The SMILES string of the molecule is CCCCN(CC(=O)O)C(=O)[C@@H](NC(=O)CN(CCCN=C(N)N)C(=O)CNC(=O)[C@@H](NC(=O)[C@@H](NC(=O)[C@H](Cc1cnc[nH]1)NC(=O)[C@H](Cc1cccc2ccccc12)NC(=O)[C@H](C)NC(=O)[C@@H](N)CCCN=C(N)N)[C@@H](C)O)[C@@H](C)O)C(C)CC. The summed E-state index contributed by atoms with van der Waals surface area (Å²) < 4.78 is 0. The van der Waals surface area contributed by atoms with Crippen LogP contribution in [0.15, 0.2) is 65.0 Å². The molecule has 9 amide bonds. The average molecular weight is 1220 g/mol. The highest BCUT2D eigenvalue weighted by atomic mass is 16.4. The highest BCUT2D eigenvalue weighted by Crippen LogP contribution is 2.21. The lowest BCUT2D eigenvalue weighted by Gasteiger charge is -2.31. The van der Waals surface area contributed by atoms with E-state index in [0.717, 1.165) is 34.4 Å². The number of aliphatic imine (C=N–C) groups is 2. The van der Waals surface area contributed by atoms with Gasteiger partial charge in [0.15, 0.2) is 11.9 Å². The number of carbonyl (C=O) groups is 10. The summed E-state index contributed by atoms with van der Waals surface area (Å²) in [6.07, 6.45) is 1.17. The topological polar surface area (TPSA) is 506 Å². The minimum atomic E-state index is -1.86. The van der Waals surface area contributed by atoms with Crippen molar-refractivity contribution in [3.8, 4) is 0 Å². The van der Waals surface area contributed by atoms with Gasteiger partial charge in [-0.3, -0.25) is 57.9 Å². The fraction of sp³-hybridized carbons (Fsp3) is 0.554. The Hall–Kier alpha value is -8.97. The molecule has 0 fully saturated rings. The number of unbranched alkanes of at least 4 members (excludes halogenated alkanes) is 1. The summed E-state index contributed by atoms with van der Waals surface area (Å²) in [5, 5.41) is 50.5. The van der Waals surface area contributed by atoms with Crippen molar-refractivity contribution in [1.82, 2.24) is 57.0 Å². The molecule has 0 aliphatic carbocycles. The van der Waals surface area contributed by atoms with E-state index < -0.39 is 139 Å². The first-order chi connectivity index (χ1) is 41.2. The number of fused-ring (bicyclic) bond motifs is 1. The monoisotopic (exact) mass is 1220 g/mol. The first-order valence-electron chi connectivity index (χ1n) is 28.7. The van der Waals surface area contributed by atoms with Gasteiger partial charge in [0.25, 0.3) is 0 Å². The van der Waals surface area contributed by atoms with Crippen molar-refractivity contribution in [2.75, 3.05) is 45.8 Å². The number of H-pyrrole nitrogens is 1. The first-order valence-corrected chi connectivity index (χ1v) is 28.7. The molecule has 3 rings (SSSR count). The van der Waals surface area contributed by atoms with Gasteiger partial charge in [0.2, 0.25) is 53.2 Å². The van der Waals surface area contributed by atoms with Crippen LogP contribution in [0.4, 0.5) is 0 Å². The molecule has 0 spiro atoms. The second-order valence-electron chi connectivity index (χ2n) is 21.1. The van der Waals surface area contributed by atoms with Gasteiger partial charge in [-0.1, -0.05) is 76.1 Å². The van der Waals surface area contributed by atoms with Gasteiger partial charge in [-0.2, -0.15) is 0 Å². The summed E-state index contributed by atoms with van der Waals surface area (Å²) in [5.41, 5.74) is 28.7.